The molecule has 0 spiro atoms. The summed E-state index contributed by atoms with van der Waals surface area (Å²) >= 11 is 2.02. The quantitative estimate of drug-likeness (QED) is 0.873. The lowest BCUT2D eigenvalue weighted by Gasteiger charge is -2.11. The molecule has 1 saturated heterocycles. The molecule has 0 aromatic carbocycles. The predicted octanol–water partition coefficient (Wildman–Crippen LogP) is 2.46. The molecule has 1 fully saturated rings. The molecule has 1 N–H and O–H groups in total. The Kier molecular flexibility index (Phi) is 4.68. The molecule has 0 aliphatic carbocycles. The smallest absolute Gasteiger partial charge is 0.213 e. The van der Waals surface area contributed by atoms with Gasteiger partial charge in [-0.1, -0.05) is 0 Å². The Morgan fingerprint density at radius 2 is 2.47 bits per heavy atom. The second-order valence-corrected chi connectivity index (χ2v) is 5.88. The van der Waals surface area contributed by atoms with Crippen molar-refractivity contribution in [1.29, 1.82) is 0 Å². The van der Waals surface area contributed by atoms with Crippen LogP contribution in [0.5, 0.6) is 5.88 Å². The van der Waals surface area contributed by atoms with E-state index in [1.165, 1.54) is 12.0 Å². The Morgan fingerprint density at radius 3 is 3.18 bits per heavy atom. The molecule has 1 aliphatic heterocycles. The number of ether oxygens (including phenoxy) is 1. The zero-order chi connectivity index (χ0) is 12.1. The van der Waals surface area contributed by atoms with Gasteiger partial charge in [0.25, 0.3) is 0 Å². The van der Waals surface area contributed by atoms with Crippen molar-refractivity contribution in [3.05, 3.63) is 23.9 Å². The Labute approximate surface area is 107 Å². The zero-order valence-electron chi connectivity index (χ0n) is 10.5. The normalized spacial score (nSPS) is 19.8. The van der Waals surface area contributed by atoms with Crippen LogP contribution in [0.3, 0.4) is 0 Å². The average molecular weight is 252 g/mol. The maximum absolute atomic E-state index is 5.59. The molecule has 17 heavy (non-hydrogen) atoms. The molecule has 0 amide bonds. The van der Waals surface area contributed by atoms with Crippen molar-refractivity contribution in [2.24, 2.45) is 0 Å². The standard InChI is InChI=1S/C13H20N2OS/c1-10(2)16-13-7-11(3-6-15-13)9-17-12-4-5-14-8-12/h3,6-7,10,12,14H,4-5,8-9H2,1-2H3. The molecular weight excluding hydrogens is 232 g/mol. The van der Waals surface area contributed by atoms with Gasteiger partial charge in [-0.2, -0.15) is 11.8 Å². The van der Waals surface area contributed by atoms with Crippen LogP contribution in [0.25, 0.3) is 0 Å². The number of aromatic nitrogens is 1. The van der Waals surface area contributed by atoms with Gasteiger partial charge in [0.1, 0.15) is 0 Å². The molecule has 4 heteroatoms. The van der Waals surface area contributed by atoms with Crippen LogP contribution in [0.15, 0.2) is 18.3 Å². The minimum absolute atomic E-state index is 0.185. The number of pyridine rings is 1. The van der Waals surface area contributed by atoms with Gasteiger partial charge in [-0.25, -0.2) is 4.98 Å². The number of nitrogens with zero attached hydrogens (tertiary/aromatic N) is 1. The van der Waals surface area contributed by atoms with Gasteiger partial charge in [0.15, 0.2) is 0 Å². The van der Waals surface area contributed by atoms with E-state index in [1.54, 1.807) is 0 Å². The molecule has 0 bridgehead atoms. The van der Waals surface area contributed by atoms with Gasteiger partial charge in [-0.3, -0.25) is 0 Å². The molecule has 1 aromatic rings. The van der Waals surface area contributed by atoms with Crippen molar-refractivity contribution < 1.29 is 4.74 Å². The SMILES string of the molecule is CC(C)Oc1cc(CSC2CCNC2)ccn1. The van der Waals surface area contributed by atoms with Gasteiger partial charge in [0.2, 0.25) is 5.88 Å². The zero-order valence-corrected chi connectivity index (χ0v) is 11.3. The van der Waals surface area contributed by atoms with Crippen LogP contribution in [0.2, 0.25) is 0 Å². The summed E-state index contributed by atoms with van der Waals surface area (Å²) in [4.78, 5) is 4.22. The first-order valence-electron chi connectivity index (χ1n) is 6.18. The number of hydrogen-bond donors (Lipinski definition) is 1. The van der Waals surface area contributed by atoms with Crippen molar-refractivity contribution in [3.63, 3.8) is 0 Å². The van der Waals surface area contributed by atoms with E-state index in [0.29, 0.717) is 0 Å². The van der Waals surface area contributed by atoms with E-state index in [4.69, 9.17) is 4.74 Å². The van der Waals surface area contributed by atoms with Crippen molar-refractivity contribution in [2.45, 2.75) is 37.4 Å². The van der Waals surface area contributed by atoms with Crippen LogP contribution in [-0.4, -0.2) is 29.4 Å². The average Bonchev–Trinajstić information content (AvgIpc) is 2.79. The van der Waals surface area contributed by atoms with Crippen molar-refractivity contribution >= 4 is 11.8 Å². The lowest BCUT2D eigenvalue weighted by Crippen LogP contribution is -2.10. The first-order chi connectivity index (χ1) is 8.24. The van der Waals surface area contributed by atoms with E-state index in [1.807, 2.05) is 31.8 Å². The number of rotatable bonds is 5. The molecule has 3 nitrogen and oxygen atoms in total. The summed E-state index contributed by atoms with van der Waals surface area (Å²) in [6, 6.07) is 4.12. The summed E-state index contributed by atoms with van der Waals surface area (Å²) in [5.41, 5.74) is 1.30. The van der Waals surface area contributed by atoms with E-state index < -0.39 is 0 Å². The number of nitrogens with one attached hydrogen (secondary N) is 1. The summed E-state index contributed by atoms with van der Waals surface area (Å²) in [6.07, 6.45) is 3.30. The predicted molar refractivity (Wildman–Crippen MR) is 72.6 cm³/mol. The topological polar surface area (TPSA) is 34.1 Å². The fourth-order valence-electron chi connectivity index (χ4n) is 1.83. The lowest BCUT2D eigenvalue weighted by molar-refractivity contribution is 0.232. The van der Waals surface area contributed by atoms with Crippen LogP contribution in [0, 0.1) is 0 Å². The molecule has 1 atom stereocenters. The highest BCUT2D eigenvalue weighted by Crippen LogP contribution is 2.23. The molecule has 94 valence electrons. The maximum Gasteiger partial charge on any atom is 0.213 e. The Bertz CT molecular complexity index is 351. The van der Waals surface area contributed by atoms with Gasteiger partial charge in [0.05, 0.1) is 6.10 Å². The van der Waals surface area contributed by atoms with Crippen molar-refractivity contribution in [1.82, 2.24) is 10.3 Å². The minimum Gasteiger partial charge on any atom is -0.475 e. The number of hydrogen-bond acceptors (Lipinski definition) is 4. The molecular formula is C13H20N2OS. The fourth-order valence-corrected chi connectivity index (χ4v) is 2.96. The Hall–Kier alpha value is -0.740. The second-order valence-electron chi connectivity index (χ2n) is 4.59. The van der Waals surface area contributed by atoms with Crippen LogP contribution in [0.4, 0.5) is 0 Å². The first kappa shape index (κ1) is 12.7. The van der Waals surface area contributed by atoms with Gasteiger partial charge in [-0.15, -0.1) is 0 Å². The Morgan fingerprint density at radius 1 is 1.59 bits per heavy atom. The van der Waals surface area contributed by atoms with E-state index in [2.05, 4.69) is 22.4 Å². The first-order valence-corrected chi connectivity index (χ1v) is 7.23. The highest BCUT2D eigenvalue weighted by atomic mass is 32.2. The highest BCUT2D eigenvalue weighted by Gasteiger charge is 2.14. The molecule has 0 saturated carbocycles. The lowest BCUT2D eigenvalue weighted by atomic mass is 10.3. The second kappa shape index (κ2) is 6.26. The summed E-state index contributed by atoms with van der Waals surface area (Å²) < 4.78 is 5.59. The van der Waals surface area contributed by atoms with Crippen molar-refractivity contribution in [3.8, 4) is 5.88 Å². The third-order valence-corrected chi connectivity index (χ3v) is 4.03. The van der Waals surface area contributed by atoms with Crippen molar-refractivity contribution in [2.75, 3.05) is 13.1 Å². The third-order valence-electron chi connectivity index (χ3n) is 2.66. The van der Waals surface area contributed by atoms with E-state index in [0.717, 1.165) is 30.0 Å². The van der Waals surface area contributed by atoms with E-state index in [9.17, 15) is 0 Å². The van der Waals surface area contributed by atoms with Crippen LogP contribution in [0.1, 0.15) is 25.8 Å². The molecule has 0 radical (unpaired) electrons. The minimum atomic E-state index is 0.185. The monoisotopic (exact) mass is 252 g/mol. The molecule has 1 aliphatic rings. The highest BCUT2D eigenvalue weighted by molar-refractivity contribution is 7.99. The Balaban J connectivity index is 1.86. The van der Waals surface area contributed by atoms with Gasteiger partial charge >= 0.3 is 0 Å². The maximum atomic E-state index is 5.59. The van der Waals surface area contributed by atoms with Crippen LogP contribution >= 0.6 is 11.8 Å². The summed E-state index contributed by atoms with van der Waals surface area (Å²) in [5, 5.41) is 4.15. The van der Waals surface area contributed by atoms with Crippen LogP contribution in [-0.2, 0) is 5.75 Å². The van der Waals surface area contributed by atoms with Crippen LogP contribution < -0.4 is 10.1 Å². The largest absolute Gasteiger partial charge is 0.475 e. The molecule has 2 rings (SSSR count). The van der Waals surface area contributed by atoms with E-state index in [-0.39, 0.29) is 6.10 Å². The van der Waals surface area contributed by atoms with Gasteiger partial charge < -0.3 is 10.1 Å². The summed E-state index contributed by atoms with van der Waals surface area (Å²) in [5.74, 6) is 1.78. The van der Waals surface area contributed by atoms with E-state index >= 15 is 0 Å². The summed E-state index contributed by atoms with van der Waals surface area (Å²) in [6.45, 7) is 6.35. The third kappa shape index (κ3) is 4.21. The summed E-state index contributed by atoms with van der Waals surface area (Å²) in [7, 11) is 0. The van der Waals surface area contributed by atoms with Gasteiger partial charge in [-0.05, 0) is 38.4 Å². The molecule has 1 aromatic heterocycles. The number of thioether (sulfide) groups is 1. The fraction of sp³-hybridized carbons (Fsp3) is 0.615. The molecule has 1 unspecified atom stereocenters. The molecule has 2 heterocycles. The van der Waals surface area contributed by atoms with Gasteiger partial charge in [0, 0.05) is 29.8 Å².